The van der Waals surface area contributed by atoms with E-state index in [0.29, 0.717) is 12.1 Å². The monoisotopic (exact) mass is 249 g/mol. The van der Waals surface area contributed by atoms with Gasteiger partial charge in [-0.1, -0.05) is 5.16 Å². The summed E-state index contributed by atoms with van der Waals surface area (Å²) in [6.45, 7) is 3.44. The minimum absolute atomic E-state index is 0.104. The number of anilines is 1. The van der Waals surface area contributed by atoms with Gasteiger partial charge in [0.25, 0.3) is 0 Å². The number of hydrogen-bond acceptors (Lipinski definition) is 4. The summed E-state index contributed by atoms with van der Waals surface area (Å²) in [4.78, 5) is 2.15. The van der Waals surface area contributed by atoms with E-state index in [2.05, 4.69) is 10.1 Å². The summed E-state index contributed by atoms with van der Waals surface area (Å²) in [6.07, 6.45) is 1.82. The quantitative estimate of drug-likeness (QED) is 0.317. The summed E-state index contributed by atoms with van der Waals surface area (Å²) < 4.78 is 0. The van der Waals surface area contributed by atoms with E-state index < -0.39 is 5.60 Å². The molecule has 5 nitrogen and oxygen atoms in total. The zero-order chi connectivity index (χ0) is 13.2. The third-order valence-corrected chi connectivity index (χ3v) is 3.31. The van der Waals surface area contributed by atoms with Gasteiger partial charge in [0.15, 0.2) is 5.84 Å². The third kappa shape index (κ3) is 2.73. The molecule has 0 aliphatic carbocycles. The highest BCUT2D eigenvalue weighted by molar-refractivity contribution is 5.97. The van der Waals surface area contributed by atoms with Crippen molar-refractivity contribution in [2.24, 2.45) is 10.9 Å². The van der Waals surface area contributed by atoms with Crippen LogP contribution in [-0.2, 0) is 0 Å². The van der Waals surface area contributed by atoms with Gasteiger partial charge in [-0.05, 0) is 44.0 Å². The molecular formula is C13H19N3O2. The van der Waals surface area contributed by atoms with E-state index in [1.54, 1.807) is 0 Å². The highest BCUT2D eigenvalue weighted by atomic mass is 16.4. The van der Waals surface area contributed by atoms with E-state index >= 15 is 0 Å². The molecule has 0 saturated carbocycles. The zero-order valence-corrected chi connectivity index (χ0v) is 10.5. The number of β-amino-alcohol motifs (C(OH)–C–C–N with tert-alkyl or cyclic N) is 1. The van der Waals surface area contributed by atoms with Crippen LogP contribution in [-0.4, -0.2) is 34.8 Å². The Morgan fingerprint density at radius 3 is 2.61 bits per heavy atom. The van der Waals surface area contributed by atoms with Crippen LogP contribution in [0, 0.1) is 0 Å². The van der Waals surface area contributed by atoms with Gasteiger partial charge in [0, 0.05) is 24.3 Å². The smallest absolute Gasteiger partial charge is 0.170 e. The molecule has 0 aromatic heterocycles. The molecule has 18 heavy (non-hydrogen) atoms. The molecule has 1 aromatic rings. The van der Waals surface area contributed by atoms with Crippen molar-refractivity contribution in [3.8, 4) is 0 Å². The number of hydrogen-bond donors (Lipinski definition) is 3. The molecular weight excluding hydrogens is 230 g/mol. The molecule has 4 N–H and O–H groups in total. The van der Waals surface area contributed by atoms with Crippen molar-refractivity contribution in [2.75, 3.05) is 18.0 Å². The topological polar surface area (TPSA) is 82.1 Å². The summed E-state index contributed by atoms with van der Waals surface area (Å²) in [5.74, 6) is 0.104. The number of nitrogens with two attached hydrogens (primary N) is 1. The first-order valence-electron chi connectivity index (χ1n) is 6.07. The van der Waals surface area contributed by atoms with Crippen molar-refractivity contribution < 1.29 is 10.3 Å². The number of oxime groups is 1. The van der Waals surface area contributed by atoms with Crippen LogP contribution >= 0.6 is 0 Å². The normalized spacial score (nSPS) is 25.2. The minimum atomic E-state index is -0.623. The first kappa shape index (κ1) is 12.7. The molecule has 1 unspecified atom stereocenters. The molecule has 98 valence electrons. The fourth-order valence-corrected chi connectivity index (χ4v) is 2.34. The first-order chi connectivity index (χ1) is 8.52. The lowest BCUT2D eigenvalue weighted by Gasteiger charge is -2.38. The van der Waals surface area contributed by atoms with Crippen molar-refractivity contribution in [1.29, 1.82) is 0 Å². The van der Waals surface area contributed by atoms with E-state index in [-0.39, 0.29) is 5.84 Å². The van der Waals surface area contributed by atoms with Gasteiger partial charge in [-0.2, -0.15) is 0 Å². The molecule has 1 saturated heterocycles. The van der Waals surface area contributed by atoms with Crippen LogP contribution in [0.1, 0.15) is 25.3 Å². The van der Waals surface area contributed by atoms with E-state index in [1.165, 1.54) is 0 Å². The van der Waals surface area contributed by atoms with Gasteiger partial charge in [-0.3, -0.25) is 0 Å². The maximum absolute atomic E-state index is 10.1. The van der Waals surface area contributed by atoms with Crippen LogP contribution in [0.5, 0.6) is 0 Å². The first-order valence-corrected chi connectivity index (χ1v) is 6.07. The Labute approximate surface area is 107 Å². The van der Waals surface area contributed by atoms with Crippen LogP contribution in [0.15, 0.2) is 29.4 Å². The van der Waals surface area contributed by atoms with Crippen LogP contribution < -0.4 is 10.6 Å². The average Bonchev–Trinajstić information content (AvgIpc) is 2.37. The van der Waals surface area contributed by atoms with Gasteiger partial charge in [0.05, 0.1) is 5.60 Å². The van der Waals surface area contributed by atoms with E-state index in [9.17, 15) is 5.11 Å². The SMILES string of the molecule is CC1(O)CCCN(c2ccc(/C(N)=N/O)cc2)C1. The molecule has 0 bridgehead atoms. The van der Waals surface area contributed by atoms with Gasteiger partial charge in [-0.15, -0.1) is 0 Å². The maximum atomic E-state index is 10.1. The summed E-state index contributed by atoms with van der Waals surface area (Å²) in [5.41, 5.74) is 6.62. The molecule has 1 atom stereocenters. The summed E-state index contributed by atoms with van der Waals surface area (Å²) >= 11 is 0. The lowest BCUT2D eigenvalue weighted by atomic mass is 9.94. The lowest BCUT2D eigenvalue weighted by Crippen LogP contribution is -2.46. The van der Waals surface area contributed by atoms with Gasteiger partial charge in [-0.25, -0.2) is 0 Å². The molecule has 5 heteroatoms. The number of rotatable bonds is 2. The third-order valence-electron chi connectivity index (χ3n) is 3.31. The lowest BCUT2D eigenvalue weighted by molar-refractivity contribution is 0.0449. The van der Waals surface area contributed by atoms with Crippen molar-refractivity contribution in [3.63, 3.8) is 0 Å². The molecule has 0 amide bonds. The summed E-state index contributed by atoms with van der Waals surface area (Å²) in [6, 6.07) is 7.48. The van der Waals surface area contributed by atoms with Gasteiger partial charge in [0.2, 0.25) is 0 Å². The van der Waals surface area contributed by atoms with E-state index in [0.717, 1.165) is 25.1 Å². The molecule has 1 heterocycles. The molecule has 0 radical (unpaired) electrons. The van der Waals surface area contributed by atoms with Crippen molar-refractivity contribution >= 4 is 11.5 Å². The predicted octanol–water partition coefficient (Wildman–Crippen LogP) is 1.13. The number of nitrogens with zero attached hydrogens (tertiary/aromatic N) is 2. The second-order valence-corrected chi connectivity index (χ2v) is 5.05. The fraction of sp³-hybridized carbons (Fsp3) is 0.462. The van der Waals surface area contributed by atoms with Crippen LogP contribution in [0.2, 0.25) is 0 Å². The van der Waals surface area contributed by atoms with E-state index in [1.807, 2.05) is 31.2 Å². The van der Waals surface area contributed by atoms with Gasteiger partial charge >= 0.3 is 0 Å². The van der Waals surface area contributed by atoms with Crippen LogP contribution in [0.3, 0.4) is 0 Å². The number of benzene rings is 1. The Kier molecular flexibility index (Phi) is 3.43. The maximum Gasteiger partial charge on any atom is 0.170 e. The number of piperidine rings is 1. The largest absolute Gasteiger partial charge is 0.409 e. The van der Waals surface area contributed by atoms with Crippen molar-refractivity contribution in [1.82, 2.24) is 0 Å². The molecule has 1 fully saturated rings. The molecule has 1 aromatic carbocycles. The summed E-state index contributed by atoms with van der Waals surface area (Å²) in [5, 5.41) is 21.6. The van der Waals surface area contributed by atoms with Crippen LogP contribution in [0.4, 0.5) is 5.69 Å². The average molecular weight is 249 g/mol. The standard InChI is InChI=1S/C13H19N3O2/c1-13(17)7-2-8-16(9-13)11-5-3-10(4-6-11)12(14)15-18/h3-6,17-18H,2,7-9H2,1H3,(H2,14,15). The van der Waals surface area contributed by atoms with Crippen molar-refractivity contribution in [3.05, 3.63) is 29.8 Å². The van der Waals surface area contributed by atoms with Gasteiger partial charge < -0.3 is 20.9 Å². The Bertz CT molecular complexity index is 440. The Hall–Kier alpha value is -1.75. The summed E-state index contributed by atoms with van der Waals surface area (Å²) in [7, 11) is 0. The number of amidine groups is 1. The Morgan fingerprint density at radius 1 is 1.39 bits per heavy atom. The van der Waals surface area contributed by atoms with Crippen LogP contribution in [0.25, 0.3) is 0 Å². The fourth-order valence-electron chi connectivity index (χ4n) is 2.34. The highest BCUT2D eigenvalue weighted by Gasteiger charge is 2.28. The number of aliphatic hydroxyl groups is 1. The molecule has 1 aliphatic heterocycles. The Morgan fingerprint density at radius 2 is 2.06 bits per heavy atom. The Balaban J connectivity index is 2.14. The highest BCUT2D eigenvalue weighted by Crippen LogP contribution is 2.25. The predicted molar refractivity (Wildman–Crippen MR) is 71.0 cm³/mol. The van der Waals surface area contributed by atoms with Crippen molar-refractivity contribution in [2.45, 2.75) is 25.4 Å². The molecule has 0 spiro atoms. The second-order valence-electron chi connectivity index (χ2n) is 5.05. The van der Waals surface area contributed by atoms with Gasteiger partial charge in [0.1, 0.15) is 0 Å². The van der Waals surface area contributed by atoms with E-state index in [4.69, 9.17) is 10.9 Å². The zero-order valence-electron chi connectivity index (χ0n) is 10.5. The minimum Gasteiger partial charge on any atom is -0.409 e. The second kappa shape index (κ2) is 4.86. The molecule has 1 aliphatic rings. The molecule has 2 rings (SSSR count).